The van der Waals surface area contributed by atoms with Crippen LogP contribution in [0.15, 0.2) is 18.2 Å². The number of amides is 1. The van der Waals surface area contributed by atoms with Gasteiger partial charge in [0, 0.05) is 6.54 Å². The average molecular weight is 178 g/mol. The molecule has 1 aromatic rings. The molecule has 0 atom stereocenters. The second kappa shape index (κ2) is 3.06. The van der Waals surface area contributed by atoms with Crippen molar-refractivity contribution in [2.75, 3.05) is 6.73 Å². The molecule has 0 fully saturated rings. The number of benzene rings is 1. The van der Waals surface area contributed by atoms with Crippen molar-refractivity contribution in [1.82, 2.24) is 5.32 Å². The largest absolute Gasteiger partial charge is 0.478 e. The Morgan fingerprint density at radius 1 is 1.54 bits per heavy atom. The van der Waals surface area contributed by atoms with Crippen molar-refractivity contribution in [2.24, 2.45) is 5.73 Å². The maximum atomic E-state index is 11.3. The van der Waals surface area contributed by atoms with Crippen LogP contribution in [0.5, 0.6) is 5.75 Å². The molecule has 0 aromatic heterocycles. The predicted octanol–water partition coefficient (Wildman–Crippen LogP) is 0.225. The average Bonchev–Trinajstić information content (AvgIpc) is 2.50. The van der Waals surface area contributed by atoms with Crippen LogP contribution < -0.4 is 15.8 Å². The predicted molar refractivity (Wildman–Crippen MR) is 47.3 cm³/mol. The van der Waals surface area contributed by atoms with Crippen molar-refractivity contribution in [3.05, 3.63) is 29.3 Å². The van der Waals surface area contributed by atoms with Gasteiger partial charge in [-0.25, -0.2) is 0 Å². The Morgan fingerprint density at radius 2 is 2.38 bits per heavy atom. The molecule has 4 nitrogen and oxygen atoms in total. The zero-order valence-corrected chi connectivity index (χ0v) is 7.04. The summed E-state index contributed by atoms with van der Waals surface area (Å²) in [6.07, 6.45) is 0. The minimum absolute atomic E-state index is 0.0842. The van der Waals surface area contributed by atoms with Crippen molar-refractivity contribution >= 4 is 5.91 Å². The van der Waals surface area contributed by atoms with Gasteiger partial charge in [-0.2, -0.15) is 0 Å². The Morgan fingerprint density at radius 3 is 3.15 bits per heavy atom. The maximum absolute atomic E-state index is 11.3. The minimum atomic E-state index is -0.0842. The molecule has 1 aliphatic heterocycles. The third kappa shape index (κ3) is 1.25. The maximum Gasteiger partial charge on any atom is 0.255 e. The SMILES string of the molecule is NCOc1cccc2c1C(=O)NC2. The van der Waals surface area contributed by atoms with Crippen LogP contribution in [-0.2, 0) is 6.54 Å². The molecule has 0 unspecified atom stereocenters. The van der Waals surface area contributed by atoms with Gasteiger partial charge < -0.3 is 10.1 Å². The van der Waals surface area contributed by atoms with E-state index in [1.165, 1.54) is 0 Å². The summed E-state index contributed by atoms with van der Waals surface area (Å²) < 4.78 is 5.14. The number of carbonyl (C=O) groups is 1. The van der Waals surface area contributed by atoms with E-state index in [0.717, 1.165) is 5.56 Å². The fourth-order valence-corrected chi connectivity index (χ4v) is 1.46. The van der Waals surface area contributed by atoms with Gasteiger partial charge in [0.15, 0.2) is 0 Å². The standard InChI is InChI=1S/C9H10N2O2/c10-5-13-7-3-1-2-6-4-11-9(12)8(6)7/h1-3H,4-5,10H2,(H,11,12). The summed E-state index contributed by atoms with van der Waals surface area (Å²) in [4.78, 5) is 11.3. The van der Waals surface area contributed by atoms with Crippen LogP contribution in [0.25, 0.3) is 0 Å². The molecule has 0 saturated carbocycles. The lowest BCUT2D eigenvalue weighted by Gasteiger charge is -2.05. The van der Waals surface area contributed by atoms with Gasteiger partial charge in [-0.05, 0) is 11.6 Å². The summed E-state index contributed by atoms with van der Waals surface area (Å²) in [5.74, 6) is 0.481. The van der Waals surface area contributed by atoms with Crippen molar-refractivity contribution in [2.45, 2.75) is 6.54 Å². The van der Waals surface area contributed by atoms with Crippen LogP contribution in [-0.4, -0.2) is 12.6 Å². The number of nitrogens with one attached hydrogen (secondary N) is 1. The molecule has 68 valence electrons. The smallest absolute Gasteiger partial charge is 0.255 e. The van der Waals surface area contributed by atoms with E-state index in [9.17, 15) is 4.79 Å². The van der Waals surface area contributed by atoms with Crippen LogP contribution in [0.2, 0.25) is 0 Å². The van der Waals surface area contributed by atoms with Gasteiger partial charge in [0.25, 0.3) is 5.91 Å². The highest BCUT2D eigenvalue weighted by Crippen LogP contribution is 2.25. The number of ether oxygens (including phenoxy) is 1. The number of nitrogens with two attached hydrogens (primary N) is 1. The van der Waals surface area contributed by atoms with Gasteiger partial charge in [-0.3, -0.25) is 10.5 Å². The van der Waals surface area contributed by atoms with Crippen LogP contribution >= 0.6 is 0 Å². The highest BCUT2D eigenvalue weighted by Gasteiger charge is 2.22. The molecule has 2 rings (SSSR count). The summed E-state index contributed by atoms with van der Waals surface area (Å²) in [5.41, 5.74) is 6.83. The quantitative estimate of drug-likeness (QED) is 0.637. The lowest BCUT2D eigenvalue weighted by molar-refractivity contribution is 0.0962. The zero-order valence-electron chi connectivity index (χ0n) is 7.04. The lowest BCUT2D eigenvalue weighted by atomic mass is 10.1. The number of rotatable bonds is 2. The van der Waals surface area contributed by atoms with E-state index in [4.69, 9.17) is 10.5 Å². The summed E-state index contributed by atoms with van der Waals surface area (Å²) in [6.45, 7) is 0.666. The van der Waals surface area contributed by atoms with E-state index in [0.29, 0.717) is 17.9 Å². The third-order valence-electron chi connectivity index (χ3n) is 2.02. The van der Waals surface area contributed by atoms with Crippen LogP contribution in [0, 0.1) is 0 Å². The molecule has 0 bridgehead atoms. The first-order valence-corrected chi connectivity index (χ1v) is 4.06. The number of carbonyl (C=O) groups excluding carboxylic acids is 1. The fourth-order valence-electron chi connectivity index (χ4n) is 1.46. The lowest BCUT2D eigenvalue weighted by Crippen LogP contribution is -2.15. The second-order valence-electron chi connectivity index (χ2n) is 2.78. The van der Waals surface area contributed by atoms with Gasteiger partial charge in [-0.1, -0.05) is 12.1 Å². The Balaban J connectivity index is 2.47. The van der Waals surface area contributed by atoms with E-state index >= 15 is 0 Å². The molecule has 3 N–H and O–H groups in total. The van der Waals surface area contributed by atoms with Gasteiger partial charge in [0.1, 0.15) is 12.5 Å². The fraction of sp³-hybridized carbons (Fsp3) is 0.222. The molecule has 0 aliphatic carbocycles. The molecule has 4 heteroatoms. The topological polar surface area (TPSA) is 64.3 Å². The molecular weight excluding hydrogens is 168 g/mol. The molecule has 1 aromatic carbocycles. The first kappa shape index (κ1) is 8.07. The Labute approximate surface area is 75.7 Å². The monoisotopic (exact) mass is 178 g/mol. The second-order valence-corrected chi connectivity index (χ2v) is 2.78. The normalized spacial score (nSPS) is 13.8. The summed E-state index contributed by atoms with van der Waals surface area (Å²) in [7, 11) is 0. The zero-order chi connectivity index (χ0) is 9.26. The van der Waals surface area contributed by atoms with Gasteiger partial charge in [0.05, 0.1) is 5.56 Å². The van der Waals surface area contributed by atoms with Crippen molar-refractivity contribution in [3.63, 3.8) is 0 Å². The number of hydrogen-bond donors (Lipinski definition) is 2. The van der Waals surface area contributed by atoms with E-state index < -0.39 is 0 Å². The molecular formula is C9H10N2O2. The molecule has 13 heavy (non-hydrogen) atoms. The Kier molecular flexibility index (Phi) is 1.90. The number of fused-ring (bicyclic) bond motifs is 1. The highest BCUT2D eigenvalue weighted by atomic mass is 16.5. The van der Waals surface area contributed by atoms with E-state index in [-0.39, 0.29) is 12.6 Å². The van der Waals surface area contributed by atoms with Crippen LogP contribution in [0.4, 0.5) is 0 Å². The molecule has 1 amide bonds. The van der Waals surface area contributed by atoms with Gasteiger partial charge in [0.2, 0.25) is 0 Å². The van der Waals surface area contributed by atoms with E-state index in [2.05, 4.69) is 5.32 Å². The summed E-state index contributed by atoms with van der Waals surface area (Å²) in [5, 5.41) is 2.72. The van der Waals surface area contributed by atoms with Crippen molar-refractivity contribution < 1.29 is 9.53 Å². The van der Waals surface area contributed by atoms with Crippen LogP contribution in [0.3, 0.4) is 0 Å². The van der Waals surface area contributed by atoms with Crippen molar-refractivity contribution in [1.29, 1.82) is 0 Å². The van der Waals surface area contributed by atoms with E-state index in [1.807, 2.05) is 12.1 Å². The molecule has 1 heterocycles. The van der Waals surface area contributed by atoms with Gasteiger partial charge in [-0.15, -0.1) is 0 Å². The Hall–Kier alpha value is -1.55. The van der Waals surface area contributed by atoms with Gasteiger partial charge >= 0.3 is 0 Å². The molecule has 0 saturated heterocycles. The first-order valence-electron chi connectivity index (χ1n) is 4.06. The highest BCUT2D eigenvalue weighted by molar-refractivity contribution is 6.00. The first-order chi connectivity index (χ1) is 6.33. The van der Waals surface area contributed by atoms with E-state index in [1.54, 1.807) is 6.07 Å². The van der Waals surface area contributed by atoms with Crippen LogP contribution in [0.1, 0.15) is 15.9 Å². The molecule has 0 radical (unpaired) electrons. The number of hydrogen-bond acceptors (Lipinski definition) is 3. The summed E-state index contributed by atoms with van der Waals surface area (Å²) >= 11 is 0. The Bertz CT molecular complexity index is 349. The molecule has 0 spiro atoms. The summed E-state index contributed by atoms with van der Waals surface area (Å²) in [6, 6.07) is 5.50. The molecule has 1 aliphatic rings. The third-order valence-corrected chi connectivity index (χ3v) is 2.02. The van der Waals surface area contributed by atoms with Crippen molar-refractivity contribution in [3.8, 4) is 5.75 Å². The minimum Gasteiger partial charge on any atom is -0.478 e.